The quantitative estimate of drug-likeness (QED) is 0.882. The lowest BCUT2D eigenvalue weighted by molar-refractivity contribution is -0.139. The number of aromatic nitrogens is 2. The molecule has 1 unspecified atom stereocenters. The van der Waals surface area contributed by atoms with Gasteiger partial charge in [-0.2, -0.15) is 18.2 Å². The molecule has 1 aromatic carbocycles. The molecule has 1 aromatic heterocycles. The van der Waals surface area contributed by atoms with Gasteiger partial charge in [0.25, 0.3) is 5.89 Å². The summed E-state index contributed by atoms with van der Waals surface area (Å²) in [5, 5.41) is 3.64. The maximum Gasteiger partial charge on any atom is 0.419 e. The number of benzene rings is 1. The van der Waals surface area contributed by atoms with E-state index in [4.69, 9.17) is 10.3 Å². The van der Waals surface area contributed by atoms with E-state index in [9.17, 15) is 17.6 Å². The van der Waals surface area contributed by atoms with Gasteiger partial charge in [-0.25, -0.2) is 4.39 Å². The molecule has 1 heterocycles. The monoisotopic (exact) mass is 289 g/mol. The third-order valence-electron chi connectivity index (χ3n) is 2.75. The number of hydrogen-bond acceptors (Lipinski definition) is 4. The number of nitrogens with zero attached hydrogens (tertiary/aromatic N) is 2. The molecular weight excluding hydrogens is 278 g/mol. The lowest BCUT2D eigenvalue weighted by atomic mass is 10.1. The molecule has 0 amide bonds. The number of rotatable bonds is 3. The summed E-state index contributed by atoms with van der Waals surface area (Å²) in [7, 11) is 0. The third kappa shape index (κ3) is 2.79. The van der Waals surface area contributed by atoms with E-state index in [1.165, 1.54) is 0 Å². The highest BCUT2D eigenvalue weighted by atomic mass is 19.4. The maximum absolute atomic E-state index is 13.2. The fourth-order valence-electron chi connectivity index (χ4n) is 1.53. The van der Waals surface area contributed by atoms with Crippen LogP contribution < -0.4 is 5.73 Å². The van der Waals surface area contributed by atoms with E-state index >= 15 is 0 Å². The van der Waals surface area contributed by atoms with Crippen LogP contribution in [0.3, 0.4) is 0 Å². The van der Waals surface area contributed by atoms with E-state index in [0.29, 0.717) is 18.0 Å². The van der Waals surface area contributed by atoms with Gasteiger partial charge >= 0.3 is 6.18 Å². The van der Waals surface area contributed by atoms with Crippen LogP contribution >= 0.6 is 0 Å². The van der Waals surface area contributed by atoms with E-state index in [-0.39, 0.29) is 23.9 Å². The van der Waals surface area contributed by atoms with Crippen LogP contribution in [0.4, 0.5) is 17.6 Å². The first-order valence-corrected chi connectivity index (χ1v) is 5.73. The number of alkyl halides is 3. The van der Waals surface area contributed by atoms with E-state index < -0.39 is 17.6 Å². The van der Waals surface area contributed by atoms with Crippen molar-refractivity contribution in [3.63, 3.8) is 0 Å². The average molecular weight is 289 g/mol. The predicted molar refractivity (Wildman–Crippen MR) is 62.2 cm³/mol. The largest absolute Gasteiger partial charge is 0.419 e. The van der Waals surface area contributed by atoms with Gasteiger partial charge in [-0.1, -0.05) is 12.1 Å². The van der Waals surface area contributed by atoms with Gasteiger partial charge in [0.15, 0.2) is 5.82 Å². The minimum absolute atomic E-state index is 0.00157. The lowest BCUT2D eigenvalue weighted by Gasteiger charge is -2.08. The van der Waals surface area contributed by atoms with Crippen LogP contribution in [0.25, 0.3) is 11.5 Å². The van der Waals surface area contributed by atoms with Gasteiger partial charge in [0.1, 0.15) is 5.82 Å². The highest BCUT2D eigenvalue weighted by Crippen LogP contribution is 2.34. The minimum atomic E-state index is -4.78. The highest BCUT2D eigenvalue weighted by molar-refractivity contribution is 5.54. The molecule has 0 aliphatic carbocycles. The van der Waals surface area contributed by atoms with Crippen molar-refractivity contribution >= 4 is 0 Å². The Bertz CT molecular complexity index is 609. The Morgan fingerprint density at radius 3 is 2.65 bits per heavy atom. The number of nitrogens with two attached hydrogens (primary N) is 1. The van der Waals surface area contributed by atoms with Crippen LogP contribution in [-0.2, 0) is 6.18 Å². The first kappa shape index (κ1) is 14.4. The zero-order valence-electron chi connectivity index (χ0n) is 10.4. The standard InChI is InChI=1S/C12H11F4N3O/c1-6(5-17)10-18-11(20-19-10)7-2-3-9(13)8(4-7)12(14,15)16/h2-4,6H,5,17H2,1H3. The maximum atomic E-state index is 13.2. The molecule has 1 atom stereocenters. The van der Waals surface area contributed by atoms with E-state index in [1.807, 2.05) is 0 Å². The van der Waals surface area contributed by atoms with Gasteiger partial charge in [-0.15, -0.1) is 0 Å². The molecule has 0 bridgehead atoms. The van der Waals surface area contributed by atoms with Crippen LogP contribution in [0.1, 0.15) is 24.2 Å². The van der Waals surface area contributed by atoms with Crippen molar-refractivity contribution in [1.82, 2.24) is 10.1 Å². The Morgan fingerprint density at radius 2 is 2.05 bits per heavy atom. The molecular formula is C12H11F4N3O. The zero-order valence-corrected chi connectivity index (χ0v) is 10.4. The minimum Gasteiger partial charge on any atom is -0.334 e. The van der Waals surface area contributed by atoms with Crippen molar-refractivity contribution in [1.29, 1.82) is 0 Å². The Hall–Kier alpha value is -1.96. The summed E-state index contributed by atoms with van der Waals surface area (Å²) in [4.78, 5) is 3.96. The summed E-state index contributed by atoms with van der Waals surface area (Å²) in [5.41, 5.74) is 4.06. The van der Waals surface area contributed by atoms with E-state index in [0.717, 1.165) is 6.07 Å². The molecule has 0 saturated carbocycles. The molecule has 20 heavy (non-hydrogen) atoms. The molecule has 0 aliphatic heterocycles. The van der Waals surface area contributed by atoms with E-state index in [2.05, 4.69) is 10.1 Å². The molecule has 108 valence electrons. The molecule has 2 aromatic rings. The van der Waals surface area contributed by atoms with Crippen LogP contribution in [0, 0.1) is 5.82 Å². The lowest BCUT2D eigenvalue weighted by Crippen LogP contribution is -2.10. The fourth-order valence-corrected chi connectivity index (χ4v) is 1.53. The van der Waals surface area contributed by atoms with E-state index in [1.54, 1.807) is 6.92 Å². The second-order valence-electron chi connectivity index (χ2n) is 4.29. The Labute approximate surface area is 111 Å². The second kappa shape index (κ2) is 5.20. The van der Waals surface area contributed by atoms with Gasteiger partial charge in [0, 0.05) is 18.0 Å². The second-order valence-corrected chi connectivity index (χ2v) is 4.29. The Morgan fingerprint density at radius 1 is 1.35 bits per heavy atom. The molecule has 0 radical (unpaired) electrons. The molecule has 0 spiro atoms. The van der Waals surface area contributed by atoms with Crippen LogP contribution in [0.2, 0.25) is 0 Å². The molecule has 2 rings (SSSR count). The number of hydrogen-bond donors (Lipinski definition) is 1. The zero-order chi connectivity index (χ0) is 14.9. The molecule has 8 heteroatoms. The normalized spacial score (nSPS) is 13.5. The highest BCUT2D eigenvalue weighted by Gasteiger charge is 2.34. The number of halogens is 4. The summed E-state index contributed by atoms with van der Waals surface area (Å²) in [6.07, 6.45) is -4.78. The predicted octanol–water partition coefficient (Wildman–Crippen LogP) is 2.96. The SMILES string of the molecule is CC(CN)c1noc(-c2ccc(F)c(C(F)(F)F)c2)n1. The molecule has 0 fully saturated rings. The fraction of sp³-hybridized carbons (Fsp3) is 0.333. The molecule has 0 aliphatic rings. The summed E-state index contributed by atoms with van der Waals surface area (Å²) in [6, 6.07) is 2.50. The van der Waals surface area contributed by atoms with Gasteiger partial charge in [0.2, 0.25) is 0 Å². The van der Waals surface area contributed by atoms with Crippen LogP contribution in [0.5, 0.6) is 0 Å². The molecule has 2 N–H and O–H groups in total. The van der Waals surface area contributed by atoms with Crippen molar-refractivity contribution in [2.45, 2.75) is 19.0 Å². The smallest absolute Gasteiger partial charge is 0.334 e. The van der Waals surface area contributed by atoms with Crippen LogP contribution in [0.15, 0.2) is 22.7 Å². The van der Waals surface area contributed by atoms with Crippen molar-refractivity contribution in [2.24, 2.45) is 5.73 Å². The van der Waals surface area contributed by atoms with Gasteiger partial charge in [-0.05, 0) is 18.2 Å². The van der Waals surface area contributed by atoms with Crippen molar-refractivity contribution < 1.29 is 22.1 Å². The first-order chi connectivity index (χ1) is 9.32. The topological polar surface area (TPSA) is 64.9 Å². The van der Waals surface area contributed by atoms with Gasteiger partial charge in [0.05, 0.1) is 5.56 Å². The third-order valence-corrected chi connectivity index (χ3v) is 2.75. The summed E-state index contributed by atoms with van der Waals surface area (Å²) in [5.74, 6) is -1.35. The summed E-state index contributed by atoms with van der Waals surface area (Å²) in [6.45, 7) is 2.02. The van der Waals surface area contributed by atoms with Gasteiger partial charge in [-0.3, -0.25) is 0 Å². The van der Waals surface area contributed by atoms with Gasteiger partial charge < -0.3 is 10.3 Å². The molecule has 0 saturated heterocycles. The Kier molecular flexibility index (Phi) is 3.76. The van der Waals surface area contributed by atoms with Crippen LogP contribution in [-0.4, -0.2) is 16.7 Å². The molecule has 4 nitrogen and oxygen atoms in total. The summed E-state index contributed by atoms with van der Waals surface area (Å²) < 4.78 is 55.9. The van der Waals surface area contributed by atoms with Crippen molar-refractivity contribution in [3.05, 3.63) is 35.4 Å². The van der Waals surface area contributed by atoms with Crippen molar-refractivity contribution in [2.75, 3.05) is 6.54 Å². The average Bonchev–Trinajstić information content (AvgIpc) is 2.86. The Balaban J connectivity index is 2.41. The summed E-state index contributed by atoms with van der Waals surface area (Å²) >= 11 is 0. The van der Waals surface area contributed by atoms with Crippen molar-refractivity contribution in [3.8, 4) is 11.5 Å². The first-order valence-electron chi connectivity index (χ1n) is 5.73.